The maximum Gasteiger partial charge on any atom is 0.249 e. The van der Waals surface area contributed by atoms with Gasteiger partial charge in [0.25, 0.3) is 0 Å². The molecule has 27 heavy (non-hydrogen) atoms. The first-order valence-corrected chi connectivity index (χ1v) is 9.94. The summed E-state index contributed by atoms with van der Waals surface area (Å²) in [4.78, 5) is 26.0. The van der Waals surface area contributed by atoms with Crippen molar-refractivity contribution in [2.75, 3.05) is 52.4 Å². The summed E-state index contributed by atoms with van der Waals surface area (Å²) < 4.78 is 53.8. The van der Waals surface area contributed by atoms with Gasteiger partial charge in [0.05, 0.1) is 13.1 Å². The molecule has 0 saturated carbocycles. The summed E-state index contributed by atoms with van der Waals surface area (Å²) >= 11 is 0. The van der Waals surface area contributed by atoms with Gasteiger partial charge < -0.3 is 10.2 Å². The van der Waals surface area contributed by atoms with Crippen LogP contribution in [0, 0.1) is 11.6 Å². The molecule has 2 aliphatic rings. The van der Waals surface area contributed by atoms with Crippen LogP contribution in [0.3, 0.4) is 0 Å². The van der Waals surface area contributed by atoms with Crippen molar-refractivity contribution in [2.24, 2.45) is 0 Å². The normalized spacial score (nSPS) is 19.8. The molecular formula is C16H20F2N4O4S. The van der Waals surface area contributed by atoms with Crippen LogP contribution in [0.25, 0.3) is 0 Å². The van der Waals surface area contributed by atoms with Gasteiger partial charge in [-0.1, -0.05) is 6.07 Å². The zero-order valence-electron chi connectivity index (χ0n) is 14.5. The number of benzene rings is 1. The van der Waals surface area contributed by atoms with Gasteiger partial charge in [-0.15, -0.1) is 0 Å². The second kappa shape index (κ2) is 7.87. The average molecular weight is 402 g/mol. The van der Waals surface area contributed by atoms with Crippen molar-refractivity contribution < 1.29 is 26.8 Å². The molecule has 1 aromatic carbocycles. The van der Waals surface area contributed by atoms with Crippen molar-refractivity contribution in [3.05, 3.63) is 29.8 Å². The van der Waals surface area contributed by atoms with E-state index in [4.69, 9.17) is 0 Å². The lowest BCUT2D eigenvalue weighted by Crippen LogP contribution is -2.55. The Balaban J connectivity index is 1.61. The minimum Gasteiger partial charge on any atom is -0.354 e. The topological polar surface area (TPSA) is 90.0 Å². The third-order valence-corrected chi connectivity index (χ3v) is 6.54. The molecule has 1 aromatic rings. The molecule has 0 aromatic heterocycles. The lowest BCUT2D eigenvalue weighted by Gasteiger charge is -2.35. The van der Waals surface area contributed by atoms with Crippen LogP contribution in [0.1, 0.15) is 0 Å². The maximum absolute atomic E-state index is 13.8. The van der Waals surface area contributed by atoms with E-state index in [9.17, 15) is 26.8 Å². The number of rotatable bonds is 4. The number of carbonyl (C=O) groups excluding carboxylic acids is 2. The molecule has 148 valence electrons. The highest BCUT2D eigenvalue weighted by Crippen LogP contribution is 2.23. The zero-order chi connectivity index (χ0) is 19.6. The molecule has 8 nitrogen and oxygen atoms in total. The van der Waals surface area contributed by atoms with Crippen molar-refractivity contribution in [2.45, 2.75) is 4.90 Å². The zero-order valence-corrected chi connectivity index (χ0v) is 15.3. The highest BCUT2D eigenvalue weighted by atomic mass is 32.2. The fourth-order valence-electron chi connectivity index (χ4n) is 3.15. The Morgan fingerprint density at radius 3 is 2.30 bits per heavy atom. The van der Waals surface area contributed by atoms with Crippen molar-refractivity contribution in [1.82, 2.24) is 19.4 Å². The van der Waals surface area contributed by atoms with Crippen molar-refractivity contribution >= 4 is 21.8 Å². The Kier molecular flexibility index (Phi) is 5.72. The van der Waals surface area contributed by atoms with Gasteiger partial charge in [0.15, 0.2) is 4.90 Å². The van der Waals surface area contributed by atoms with Crippen molar-refractivity contribution in [3.63, 3.8) is 0 Å². The van der Waals surface area contributed by atoms with Crippen LogP contribution in [0.5, 0.6) is 0 Å². The quantitative estimate of drug-likeness (QED) is 0.715. The molecule has 2 aliphatic heterocycles. The van der Waals surface area contributed by atoms with E-state index in [1.54, 1.807) is 4.90 Å². The maximum atomic E-state index is 13.8. The van der Waals surface area contributed by atoms with Gasteiger partial charge in [0, 0.05) is 39.3 Å². The molecule has 2 amide bonds. The molecule has 0 atom stereocenters. The SMILES string of the molecule is O=C1CN(CC(=O)N2CCN(S(=O)(=O)c3c(F)cccc3F)CC2)CCN1. The summed E-state index contributed by atoms with van der Waals surface area (Å²) in [6.07, 6.45) is 0. The van der Waals surface area contributed by atoms with Gasteiger partial charge in [-0.2, -0.15) is 4.31 Å². The lowest BCUT2D eigenvalue weighted by molar-refractivity contribution is -0.135. The van der Waals surface area contributed by atoms with E-state index < -0.39 is 26.6 Å². The van der Waals surface area contributed by atoms with E-state index in [1.807, 2.05) is 0 Å². The minimum absolute atomic E-state index is 0.0532. The molecule has 1 N–H and O–H groups in total. The van der Waals surface area contributed by atoms with Crippen molar-refractivity contribution in [3.8, 4) is 0 Å². The third kappa shape index (κ3) is 4.25. The average Bonchev–Trinajstić information content (AvgIpc) is 2.61. The number of nitrogens with one attached hydrogen (secondary N) is 1. The largest absolute Gasteiger partial charge is 0.354 e. The third-order valence-electron chi connectivity index (χ3n) is 4.58. The van der Waals surface area contributed by atoms with E-state index in [0.29, 0.717) is 13.1 Å². The number of hydrogen-bond donors (Lipinski definition) is 1. The summed E-state index contributed by atoms with van der Waals surface area (Å²) in [7, 11) is -4.32. The van der Waals surface area contributed by atoms with Crippen LogP contribution in [-0.4, -0.2) is 86.7 Å². The number of hydrogen-bond acceptors (Lipinski definition) is 5. The fourth-order valence-corrected chi connectivity index (χ4v) is 4.68. The number of nitrogens with zero attached hydrogens (tertiary/aromatic N) is 3. The lowest BCUT2D eigenvalue weighted by atomic mass is 10.3. The van der Waals surface area contributed by atoms with Gasteiger partial charge in [0.2, 0.25) is 21.8 Å². The molecule has 0 spiro atoms. The summed E-state index contributed by atoms with van der Waals surface area (Å²) in [5.74, 6) is -2.63. The molecular weight excluding hydrogens is 382 g/mol. The van der Waals surface area contributed by atoms with E-state index in [2.05, 4.69) is 5.32 Å². The molecule has 2 saturated heterocycles. The van der Waals surface area contributed by atoms with Crippen LogP contribution < -0.4 is 5.32 Å². The predicted octanol–water partition coefficient (Wildman–Crippen LogP) is -0.770. The summed E-state index contributed by atoms with van der Waals surface area (Å²) in [5, 5.41) is 2.67. The van der Waals surface area contributed by atoms with Gasteiger partial charge >= 0.3 is 0 Å². The van der Waals surface area contributed by atoms with Crippen LogP contribution in [0.4, 0.5) is 8.78 Å². The number of carbonyl (C=O) groups is 2. The number of sulfonamides is 1. The first-order valence-electron chi connectivity index (χ1n) is 8.50. The van der Waals surface area contributed by atoms with Crippen LogP contribution in [0.15, 0.2) is 23.1 Å². The first kappa shape index (κ1) is 19.6. The molecule has 3 rings (SSSR count). The Hall–Kier alpha value is -2.11. The Morgan fingerprint density at radius 2 is 1.70 bits per heavy atom. The van der Waals surface area contributed by atoms with Gasteiger partial charge in [-0.25, -0.2) is 17.2 Å². The van der Waals surface area contributed by atoms with Gasteiger partial charge in [0.1, 0.15) is 11.6 Å². The molecule has 0 bridgehead atoms. The molecule has 11 heteroatoms. The van der Waals surface area contributed by atoms with Gasteiger partial charge in [-0.05, 0) is 12.1 Å². The van der Waals surface area contributed by atoms with Crippen molar-refractivity contribution in [1.29, 1.82) is 0 Å². The van der Waals surface area contributed by atoms with Crippen LogP contribution >= 0.6 is 0 Å². The fraction of sp³-hybridized carbons (Fsp3) is 0.500. The predicted molar refractivity (Wildman–Crippen MR) is 91.1 cm³/mol. The Morgan fingerprint density at radius 1 is 1.07 bits per heavy atom. The second-order valence-electron chi connectivity index (χ2n) is 6.40. The van der Waals surface area contributed by atoms with E-state index in [0.717, 1.165) is 22.5 Å². The Bertz CT molecular complexity index is 821. The smallest absolute Gasteiger partial charge is 0.249 e. The van der Waals surface area contributed by atoms with Crippen LogP contribution in [-0.2, 0) is 19.6 Å². The summed E-state index contributed by atoms with van der Waals surface area (Å²) in [5.41, 5.74) is 0. The minimum atomic E-state index is -4.32. The number of piperazine rings is 2. The molecule has 2 heterocycles. The molecule has 0 radical (unpaired) electrons. The van der Waals surface area contributed by atoms with E-state index >= 15 is 0 Å². The summed E-state index contributed by atoms with van der Waals surface area (Å²) in [6.45, 7) is 1.40. The van der Waals surface area contributed by atoms with Gasteiger partial charge in [-0.3, -0.25) is 14.5 Å². The second-order valence-corrected chi connectivity index (χ2v) is 8.27. The highest BCUT2D eigenvalue weighted by molar-refractivity contribution is 7.89. The highest BCUT2D eigenvalue weighted by Gasteiger charge is 2.34. The Labute approximate surface area is 155 Å². The number of amides is 2. The molecule has 2 fully saturated rings. The van der Waals surface area contributed by atoms with E-state index in [1.165, 1.54) is 4.90 Å². The number of halogens is 2. The monoisotopic (exact) mass is 402 g/mol. The summed E-state index contributed by atoms with van der Waals surface area (Å²) in [6, 6.07) is 2.89. The molecule has 0 aliphatic carbocycles. The molecule has 0 unspecified atom stereocenters. The standard InChI is InChI=1S/C16H20F2N4O4S/c17-12-2-1-3-13(18)16(12)27(25,26)22-8-6-21(7-9-22)15(24)11-20-5-4-19-14(23)10-20/h1-3H,4-11H2,(H,19,23). The van der Waals surface area contributed by atoms with Crippen LogP contribution in [0.2, 0.25) is 0 Å². The van der Waals surface area contributed by atoms with E-state index in [-0.39, 0.29) is 51.1 Å². The first-order chi connectivity index (χ1) is 12.8.